The molecule has 0 amide bonds. The molecule has 52 heavy (non-hydrogen) atoms. The van der Waals surface area contributed by atoms with Crippen LogP contribution in [0.1, 0.15) is 27.7 Å². The number of hydrogen-bond acceptors (Lipinski definition) is 12. The maximum absolute atomic E-state index is 6.42. The van der Waals surface area contributed by atoms with E-state index in [1.54, 1.807) is 104 Å². The maximum Gasteiger partial charge on any atom is 0.203 e. The Morgan fingerprint density at radius 2 is 0.558 bits per heavy atom. The molecular formula is C39H52O12Si. The van der Waals surface area contributed by atoms with E-state index >= 15 is 0 Å². The van der Waals surface area contributed by atoms with Gasteiger partial charge in [-0.1, -0.05) is 11.1 Å². The number of benzene rings is 3. The van der Waals surface area contributed by atoms with Crippen LogP contribution >= 0.6 is 0 Å². The molecule has 1 aliphatic rings. The molecule has 0 N–H and O–H groups in total. The summed E-state index contributed by atoms with van der Waals surface area (Å²) in [4.78, 5) is 0. The van der Waals surface area contributed by atoms with Gasteiger partial charge in [0.2, 0.25) is 17.2 Å². The molecule has 3 aromatic carbocycles. The van der Waals surface area contributed by atoms with Crippen molar-refractivity contribution in [2.24, 2.45) is 0 Å². The standard InChI is InChI=1S/C39H52O12Si/c1-20-21(2)23(4)36(22(20)3)52(37-27(43-8)17-24(40-5)30(46-11)33(37)49-14,38-28(44-9)18-25(41-6)31(47-12)34(38)50-15)39-29(45-10)19-26(42-7)32(48-13)35(39)51-16/h17-19,36H,1-16H3. The van der Waals surface area contributed by atoms with Gasteiger partial charge < -0.3 is 56.8 Å². The van der Waals surface area contributed by atoms with Crippen molar-refractivity contribution in [3.8, 4) is 69.0 Å². The lowest BCUT2D eigenvalue weighted by molar-refractivity contribution is 0.319. The number of rotatable bonds is 16. The largest absolute Gasteiger partial charge is 0.497 e. The van der Waals surface area contributed by atoms with E-state index in [2.05, 4.69) is 27.7 Å². The van der Waals surface area contributed by atoms with Crippen LogP contribution in [-0.2, 0) is 0 Å². The van der Waals surface area contributed by atoms with E-state index in [0.717, 1.165) is 22.3 Å². The first-order chi connectivity index (χ1) is 25.0. The molecule has 0 atom stereocenters. The molecule has 3 aromatic rings. The van der Waals surface area contributed by atoms with E-state index in [4.69, 9.17) is 56.8 Å². The highest BCUT2D eigenvalue weighted by Crippen LogP contribution is 2.55. The zero-order chi connectivity index (χ0) is 38.7. The highest BCUT2D eigenvalue weighted by atomic mass is 28.3. The first-order valence-electron chi connectivity index (χ1n) is 16.4. The predicted molar refractivity (Wildman–Crippen MR) is 203 cm³/mol. The highest BCUT2D eigenvalue weighted by molar-refractivity contribution is 7.15. The van der Waals surface area contributed by atoms with Gasteiger partial charge in [0.15, 0.2) is 42.6 Å². The van der Waals surface area contributed by atoms with Crippen LogP contribution in [-0.4, -0.2) is 93.4 Å². The first-order valence-corrected chi connectivity index (χ1v) is 18.5. The van der Waals surface area contributed by atoms with Crippen molar-refractivity contribution in [2.45, 2.75) is 33.2 Å². The Balaban J connectivity index is 2.69. The van der Waals surface area contributed by atoms with Gasteiger partial charge in [-0.2, -0.15) is 0 Å². The lowest BCUT2D eigenvalue weighted by atomic mass is 10.1. The van der Waals surface area contributed by atoms with Crippen molar-refractivity contribution in [3.05, 3.63) is 40.5 Å². The summed E-state index contributed by atoms with van der Waals surface area (Å²) in [5.74, 6) is 4.70. The third-order valence-electron chi connectivity index (χ3n) is 10.3. The molecule has 284 valence electrons. The third-order valence-corrected chi connectivity index (χ3v) is 15.8. The SMILES string of the molecule is COc1cc(OC)c([Si](c2c(OC)cc(OC)c(OC)c2OC)(c2c(OC)cc(OC)c(OC)c2OC)C2C(C)=C(C)C(C)=C2C)c(OC)c1OC. The highest BCUT2D eigenvalue weighted by Gasteiger charge is 2.60. The fourth-order valence-electron chi connectivity index (χ4n) is 7.81. The number of allylic oxidation sites excluding steroid dienone is 4. The van der Waals surface area contributed by atoms with Gasteiger partial charge >= 0.3 is 0 Å². The molecule has 1 aliphatic carbocycles. The van der Waals surface area contributed by atoms with Gasteiger partial charge in [0.25, 0.3) is 0 Å². The maximum atomic E-state index is 6.42. The summed E-state index contributed by atoms with van der Waals surface area (Å²) < 4.78 is 74.2. The molecule has 0 spiro atoms. The van der Waals surface area contributed by atoms with Crippen LogP contribution in [0.25, 0.3) is 0 Å². The third kappa shape index (κ3) is 5.75. The van der Waals surface area contributed by atoms with Gasteiger partial charge in [-0.3, -0.25) is 0 Å². The quantitative estimate of drug-likeness (QED) is 0.140. The van der Waals surface area contributed by atoms with Crippen molar-refractivity contribution < 1.29 is 56.8 Å². The minimum Gasteiger partial charge on any atom is -0.497 e. The normalized spacial score (nSPS) is 13.2. The zero-order valence-electron chi connectivity index (χ0n) is 33.2. The van der Waals surface area contributed by atoms with Crippen LogP contribution in [0.15, 0.2) is 40.5 Å². The molecule has 0 bridgehead atoms. The second kappa shape index (κ2) is 16.1. The molecule has 0 aliphatic heterocycles. The van der Waals surface area contributed by atoms with E-state index in [1.807, 2.05) is 0 Å². The molecule has 0 radical (unpaired) electrons. The Labute approximate surface area is 308 Å². The van der Waals surface area contributed by atoms with E-state index in [9.17, 15) is 0 Å². The van der Waals surface area contributed by atoms with Gasteiger partial charge in [-0.05, 0) is 38.8 Å². The van der Waals surface area contributed by atoms with Gasteiger partial charge in [0, 0.05) is 39.3 Å². The lowest BCUT2D eigenvalue weighted by Crippen LogP contribution is -2.71. The van der Waals surface area contributed by atoms with E-state index in [-0.39, 0.29) is 5.54 Å². The summed E-state index contributed by atoms with van der Waals surface area (Å²) >= 11 is 0. The minimum atomic E-state index is -4.12. The lowest BCUT2D eigenvalue weighted by Gasteiger charge is -2.44. The fourth-order valence-corrected chi connectivity index (χ4v) is 14.6. The molecule has 0 saturated heterocycles. The molecule has 12 nitrogen and oxygen atoms in total. The Kier molecular flexibility index (Phi) is 12.3. The Hall–Kier alpha value is -5.04. The van der Waals surface area contributed by atoms with Crippen LogP contribution in [0.2, 0.25) is 5.54 Å². The molecular weight excluding hydrogens is 689 g/mol. The smallest absolute Gasteiger partial charge is 0.203 e. The Morgan fingerprint density at radius 3 is 0.750 bits per heavy atom. The zero-order valence-corrected chi connectivity index (χ0v) is 34.2. The van der Waals surface area contributed by atoms with Crippen molar-refractivity contribution >= 4 is 23.6 Å². The van der Waals surface area contributed by atoms with E-state index < -0.39 is 8.07 Å². The van der Waals surface area contributed by atoms with Crippen molar-refractivity contribution in [3.63, 3.8) is 0 Å². The van der Waals surface area contributed by atoms with E-state index in [0.29, 0.717) is 84.6 Å². The molecule has 0 fully saturated rings. The summed E-state index contributed by atoms with van der Waals surface area (Å²) in [6.45, 7) is 8.53. The van der Waals surface area contributed by atoms with Crippen molar-refractivity contribution in [1.29, 1.82) is 0 Å². The summed E-state index contributed by atoms with van der Waals surface area (Å²) in [6.07, 6.45) is 0. The van der Waals surface area contributed by atoms with Gasteiger partial charge in [-0.15, -0.1) is 0 Å². The Morgan fingerprint density at radius 1 is 0.327 bits per heavy atom. The average Bonchev–Trinajstić information content (AvgIpc) is 3.37. The molecule has 0 heterocycles. The molecule has 0 unspecified atom stereocenters. The Bertz CT molecular complexity index is 1680. The average molecular weight is 741 g/mol. The second-order valence-corrected chi connectivity index (χ2v) is 15.7. The second-order valence-electron chi connectivity index (χ2n) is 12.0. The van der Waals surface area contributed by atoms with Gasteiger partial charge in [0.1, 0.15) is 17.2 Å². The van der Waals surface area contributed by atoms with Crippen LogP contribution in [0.4, 0.5) is 0 Å². The van der Waals surface area contributed by atoms with Crippen molar-refractivity contribution in [2.75, 3.05) is 85.3 Å². The van der Waals surface area contributed by atoms with Gasteiger partial charge in [0.05, 0.1) is 85.3 Å². The number of methoxy groups -OCH3 is 12. The fraction of sp³-hybridized carbons (Fsp3) is 0.436. The summed E-state index contributed by atoms with van der Waals surface area (Å²) in [6, 6.07) is 5.39. The topological polar surface area (TPSA) is 111 Å². The molecule has 4 rings (SSSR count). The van der Waals surface area contributed by atoms with E-state index in [1.165, 1.54) is 0 Å². The minimum absolute atomic E-state index is 0.351. The van der Waals surface area contributed by atoms with Crippen molar-refractivity contribution in [1.82, 2.24) is 0 Å². The summed E-state index contributed by atoms with van der Waals surface area (Å²) in [5, 5.41) is 1.94. The monoisotopic (exact) mass is 740 g/mol. The number of ether oxygens (including phenoxy) is 12. The molecule has 0 aromatic heterocycles. The van der Waals surface area contributed by atoms with Crippen LogP contribution in [0, 0.1) is 0 Å². The van der Waals surface area contributed by atoms with Crippen LogP contribution in [0.3, 0.4) is 0 Å². The number of hydrogen-bond donors (Lipinski definition) is 0. The summed E-state index contributed by atoms with van der Waals surface area (Å²) in [5.41, 5.74) is 4.08. The predicted octanol–water partition coefficient (Wildman–Crippen LogP) is 5.32. The summed E-state index contributed by atoms with van der Waals surface area (Å²) in [7, 11) is 14.8. The van der Waals surface area contributed by atoms with Crippen LogP contribution < -0.4 is 72.4 Å². The van der Waals surface area contributed by atoms with Gasteiger partial charge in [-0.25, -0.2) is 0 Å². The first kappa shape index (κ1) is 39.7. The molecule has 13 heteroatoms. The van der Waals surface area contributed by atoms with Crippen LogP contribution in [0.5, 0.6) is 69.0 Å². The molecule has 0 saturated carbocycles.